The zero-order valence-corrected chi connectivity index (χ0v) is 12.5. The van der Waals surface area contributed by atoms with Gasteiger partial charge in [-0.15, -0.1) is 11.6 Å². The van der Waals surface area contributed by atoms with Crippen molar-refractivity contribution in [2.45, 2.75) is 37.3 Å². The van der Waals surface area contributed by atoms with Gasteiger partial charge in [0.25, 0.3) is 0 Å². The number of nitrogens with zero attached hydrogens (tertiary/aromatic N) is 2. The second-order valence-corrected chi connectivity index (χ2v) is 6.05. The Bertz CT molecular complexity index is 443. The summed E-state index contributed by atoms with van der Waals surface area (Å²) >= 11 is 9.50. The van der Waals surface area contributed by atoms with Gasteiger partial charge in [0.05, 0.1) is 24.6 Å². The number of halogens is 2. The summed E-state index contributed by atoms with van der Waals surface area (Å²) in [4.78, 5) is 6.97. The van der Waals surface area contributed by atoms with Crippen LogP contribution >= 0.6 is 27.5 Å². The van der Waals surface area contributed by atoms with E-state index in [1.807, 2.05) is 6.20 Å². The normalized spacial score (nSPS) is 27.3. The molecule has 18 heavy (non-hydrogen) atoms. The first kappa shape index (κ1) is 12.7. The summed E-state index contributed by atoms with van der Waals surface area (Å²) in [6.07, 6.45) is 5.86. The Morgan fingerprint density at radius 2 is 2.39 bits per heavy atom. The summed E-state index contributed by atoms with van der Waals surface area (Å²) in [5, 5.41) is 0. The van der Waals surface area contributed by atoms with Gasteiger partial charge < -0.3 is 9.64 Å². The van der Waals surface area contributed by atoms with E-state index < -0.39 is 0 Å². The highest BCUT2D eigenvalue weighted by atomic mass is 79.9. The van der Waals surface area contributed by atoms with Crippen molar-refractivity contribution in [3.05, 3.63) is 22.3 Å². The van der Waals surface area contributed by atoms with Gasteiger partial charge in [-0.05, 0) is 41.3 Å². The molecule has 2 unspecified atom stereocenters. The Morgan fingerprint density at radius 3 is 3.22 bits per heavy atom. The molecule has 1 aliphatic heterocycles. The van der Waals surface area contributed by atoms with Crippen LogP contribution in [0.25, 0.3) is 0 Å². The van der Waals surface area contributed by atoms with Crippen LogP contribution in [-0.2, 0) is 10.6 Å². The number of rotatable bonds is 2. The van der Waals surface area contributed by atoms with Crippen LogP contribution in [0.1, 0.15) is 24.8 Å². The minimum atomic E-state index is 0.382. The number of hydrogen-bond acceptors (Lipinski definition) is 3. The highest BCUT2D eigenvalue weighted by Gasteiger charge is 2.37. The number of aromatic nitrogens is 1. The van der Waals surface area contributed by atoms with Crippen LogP contribution in [0.4, 0.5) is 5.82 Å². The molecule has 2 heterocycles. The van der Waals surface area contributed by atoms with Gasteiger partial charge in [-0.1, -0.05) is 0 Å². The lowest BCUT2D eigenvalue weighted by molar-refractivity contribution is 0.0253. The van der Waals surface area contributed by atoms with E-state index in [2.05, 4.69) is 31.9 Å². The van der Waals surface area contributed by atoms with Crippen LogP contribution in [0.15, 0.2) is 16.7 Å². The van der Waals surface area contributed by atoms with Gasteiger partial charge in [0.2, 0.25) is 0 Å². The van der Waals surface area contributed by atoms with E-state index in [1.54, 1.807) is 0 Å². The Kier molecular flexibility index (Phi) is 3.78. The zero-order valence-electron chi connectivity index (χ0n) is 10.1. The van der Waals surface area contributed by atoms with Crippen LogP contribution in [-0.4, -0.2) is 30.3 Å². The number of fused-ring (bicyclic) bond motifs is 1. The maximum Gasteiger partial charge on any atom is 0.133 e. The van der Waals surface area contributed by atoms with Crippen LogP contribution in [0.5, 0.6) is 0 Å². The molecule has 1 saturated heterocycles. The van der Waals surface area contributed by atoms with Crippen molar-refractivity contribution in [3.8, 4) is 0 Å². The standard InChI is InChI=1S/C13H16BrClN2O/c14-10-6-9(7-15)13(16-8-10)17-4-5-18-12-3-1-2-11(12)17/h6,8,11-12H,1-5,7H2. The number of anilines is 1. The third-order valence-electron chi connectivity index (χ3n) is 3.81. The average Bonchev–Trinajstić information content (AvgIpc) is 2.86. The van der Waals surface area contributed by atoms with Gasteiger partial charge in [0.15, 0.2) is 0 Å². The molecule has 0 aromatic carbocycles. The zero-order chi connectivity index (χ0) is 12.5. The van der Waals surface area contributed by atoms with Gasteiger partial charge in [-0.25, -0.2) is 4.98 Å². The molecule has 0 amide bonds. The first-order chi connectivity index (χ1) is 8.79. The van der Waals surface area contributed by atoms with Gasteiger partial charge in [0, 0.05) is 22.8 Å². The van der Waals surface area contributed by atoms with E-state index >= 15 is 0 Å². The Hall–Kier alpha value is -0.320. The highest BCUT2D eigenvalue weighted by molar-refractivity contribution is 9.10. The summed E-state index contributed by atoms with van der Waals surface area (Å²) in [6.45, 7) is 1.71. The van der Waals surface area contributed by atoms with Crippen LogP contribution < -0.4 is 4.90 Å². The van der Waals surface area contributed by atoms with E-state index in [1.165, 1.54) is 19.3 Å². The molecule has 1 aromatic rings. The maximum atomic E-state index is 6.05. The molecule has 0 bridgehead atoms. The van der Waals surface area contributed by atoms with Crippen molar-refractivity contribution in [2.75, 3.05) is 18.1 Å². The minimum Gasteiger partial charge on any atom is -0.374 e. The van der Waals surface area contributed by atoms with Crippen molar-refractivity contribution in [1.82, 2.24) is 4.98 Å². The smallest absolute Gasteiger partial charge is 0.133 e. The van der Waals surface area contributed by atoms with Gasteiger partial charge >= 0.3 is 0 Å². The number of morpholine rings is 1. The molecular formula is C13H16BrClN2O. The predicted octanol–water partition coefficient (Wildman–Crippen LogP) is 3.34. The fraction of sp³-hybridized carbons (Fsp3) is 0.615. The molecule has 0 spiro atoms. The highest BCUT2D eigenvalue weighted by Crippen LogP contribution is 2.34. The minimum absolute atomic E-state index is 0.382. The molecule has 1 saturated carbocycles. The van der Waals surface area contributed by atoms with Crippen molar-refractivity contribution < 1.29 is 4.74 Å². The largest absolute Gasteiger partial charge is 0.374 e. The summed E-state index contributed by atoms with van der Waals surface area (Å²) in [5.74, 6) is 1.53. The summed E-state index contributed by atoms with van der Waals surface area (Å²) in [6, 6.07) is 2.55. The van der Waals surface area contributed by atoms with E-state index in [0.29, 0.717) is 18.0 Å². The van der Waals surface area contributed by atoms with Crippen LogP contribution in [0, 0.1) is 0 Å². The molecule has 5 heteroatoms. The first-order valence-electron chi connectivity index (χ1n) is 6.38. The molecule has 0 radical (unpaired) electrons. The SMILES string of the molecule is ClCc1cc(Br)cnc1N1CCOC2CCCC21. The summed E-state index contributed by atoms with van der Waals surface area (Å²) in [7, 11) is 0. The lowest BCUT2D eigenvalue weighted by Crippen LogP contribution is -2.49. The summed E-state index contributed by atoms with van der Waals surface area (Å²) < 4.78 is 6.82. The molecule has 1 aromatic heterocycles. The Balaban J connectivity index is 1.93. The van der Waals surface area contributed by atoms with Crippen molar-refractivity contribution in [3.63, 3.8) is 0 Å². The quantitative estimate of drug-likeness (QED) is 0.777. The lowest BCUT2D eigenvalue weighted by atomic mass is 10.1. The Morgan fingerprint density at radius 1 is 1.50 bits per heavy atom. The second kappa shape index (κ2) is 5.35. The van der Waals surface area contributed by atoms with Crippen LogP contribution in [0.3, 0.4) is 0 Å². The van der Waals surface area contributed by atoms with E-state index in [9.17, 15) is 0 Å². The van der Waals surface area contributed by atoms with Crippen molar-refractivity contribution in [1.29, 1.82) is 0 Å². The topological polar surface area (TPSA) is 25.4 Å². The second-order valence-electron chi connectivity index (χ2n) is 4.87. The first-order valence-corrected chi connectivity index (χ1v) is 7.71. The molecule has 3 rings (SSSR count). The van der Waals surface area contributed by atoms with E-state index in [4.69, 9.17) is 16.3 Å². The fourth-order valence-electron chi connectivity index (χ4n) is 3.02. The van der Waals surface area contributed by atoms with Crippen LogP contribution in [0.2, 0.25) is 0 Å². The lowest BCUT2D eigenvalue weighted by Gasteiger charge is -2.39. The maximum absolute atomic E-state index is 6.05. The number of ether oxygens (including phenoxy) is 1. The molecular weight excluding hydrogens is 316 g/mol. The van der Waals surface area contributed by atoms with Gasteiger partial charge in [-0.3, -0.25) is 0 Å². The predicted molar refractivity (Wildman–Crippen MR) is 76.2 cm³/mol. The number of alkyl halides is 1. The van der Waals surface area contributed by atoms with E-state index in [-0.39, 0.29) is 0 Å². The molecule has 3 nitrogen and oxygen atoms in total. The summed E-state index contributed by atoms with van der Waals surface area (Å²) in [5.41, 5.74) is 1.10. The number of pyridine rings is 1. The van der Waals surface area contributed by atoms with Gasteiger partial charge in [-0.2, -0.15) is 0 Å². The third-order valence-corrected chi connectivity index (χ3v) is 4.53. The van der Waals surface area contributed by atoms with Crippen molar-refractivity contribution >= 4 is 33.3 Å². The number of hydrogen-bond donors (Lipinski definition) is 0. The molecule has 2 atom stereocenters. The monoisotopic (exact) mass is 330 g/mol. The molecule has 1 aliphatic carbocycles. The third kappa shape index (κ3) is 2.26. The Labute approximate surface area is 121 Å². The molecule has 98 valence electrons. The van der Waals surface area contributed by atoms with E-state index in [0.717, 1.165) is 29.0 Å². The van der Waals surface area contributed by atoms with Crippen molar-refractivity contribution in [2.24, 2.45) is 0 Å². The molecule has 0 N–H and O–H groups in total. The fourth-order valence-corrected chi connectivity index (χ4v) is 3.59. The van der Waals surface area contributed by atoms with Gasteiger partial charge in [0.1, 0.15) is 5.82 Å². The molecule has 2 fully saturated rings. The molecule has 2 aliphatic rings. The average molecular weight is 332 g/mol.